The van der Waals surface area contributed by atoms with Gasteiger partial charge in [-0.2, -0.15) is 5.26 Å². The van der Waals surface area contributed by atoms with Gasteiger partial charge in [-0.05, 0) is 30.3 Å². The van der Waals surface area contributed by atoms with E-state index in [9.17, 15) is 9.18 Å². The summed E-state index contributed by atoms with van der Waals surface area (Å²) in [6.45, 7) is -0.148. The summed E-state index contributed by atoms with van der Waals surface area (Å²) < 4.78 is 19.1. The van der Waals surface area contributed by atoms with Gasteiger partial charge in [0, 0.05) is 17.3 Å². The van der Waals surface area contributed by atoms with E-state index in [1.807, 2.05) is 6.07 Å². The topological polar surface area (TPSA) is 102 Å². The maximum atomic E-state index is 13.6. The molecule has 0 atom stereocenters. The average molecular weight is 285 g/mol. The van der Waals surface area contributed by atoms with Crippen molar-refractivity contribution in [3.8, 4) is 11.8 Å². The Hall–Kier alpha value is -3.07. The lowest BCUT2D eigenvalue weighted by Gasteiger charge is -2.11. The Morgan fingerprint density at radius 2 is 2.05 bits per heavy atom. The minimum absolute atomic E-state index is 0.148. The van der Waals surface area contributed by atoms with Crippen LogP contribution >= 0.6 is 0 Å². The minimum atomic E-state index is -0.670. The maximum Gasteiger partial charge on any atom is 0.252 e. The molecule has 0 saturated carbocycles. The highest BCUT2D eigenvalue weighted by Crippen LogP contribution is 2.23. The summed E-state index contributed by atoms with van der Waals surface area (Å²) in [5.74, 6) is -1.00. The molecule has 1 amide bonds. The van der Waals surface area contributed by atoms with E-state index in [-0.39, 0.29) is 23.5 Å². The normalized spacial score (nSPS) is 9.90. The van der Waals surface area contributed by atoms with Crippen LogP contribution in [-0.2, 0) is 6.61 Å². The predicted molar refractivity (Wildman–Crippen MR) is 74.8 cm³/mol. The SMILES string of the molecule is N#Cc1ccc(F)c(COc2cc(N)ccc2C(N)=O)c1. The highest BCUT2D eigenvalue weighted by Gasteiger charge is 2.11. The molecular formula is C15H12FN3O2. The highest BCUT2D eigenvalue weighted by molar-refractivity contribution is 5.96. The van der Waals surface area contributed by atoms with E-state index in [0.717, 1.165) is 0 Å². The first-order chi connectivity index (χ1) is 10.0. The van der Waals surface area contributed by atoms with Gasteiger partial charge in [0.1, 0.15) is 18.2 Å². The second-order valence-corrected chi connectivity index (χ2v) is 4.33. The van der Waals surface area contributed by atoms with Crippen LogP contribution in [0.15, 0.2) is 36.4 Å². The van der Waals surface area contributed by atoms with Gasteiger partial charge in [0.25, 0.3) is 5.91 Å². The fourth-order valence-electron chi connectivity index (χ4n) is 1.77. The summed E-state index contributed by atoms with van der Waals surface area (Å²) in [5.41, 5.74) is 11.9. The van der Waals surface area contributed by atoms with Crippen molar-refractivity contribution >= 4 is 11.6 Å². The molecule has 6 heteroatoms. The monoisotopic (exact) mass is 285 g/mol. The summed E-state index contributed by atoms with van der Waals surface area (Å²) >= 11 is 0. The Morgan fingerprint density at radius 3 is 2.71 bits per heavy atom. The number of hydrogen-bond acceptors (Lipinski definition) is 4. The molecule has 0 heterocycles. The molecule has 0 aromatic heterocycles. The van der Waals surface area contributed by atoms with Gasteiger partial charge in [-0.15, -0.1) is 0 Å². The van der Waals surface area contributed by atoms with Crippen LogP contribution in [0.4, 0.5) is 10.1 Å². The second-order valence-electron chi connectivity index (χ2n) is 4.33. The molecular weight excluding hydrogens is 273 g/mol. The quantitative estimate of drug-likeness (QED) is 0.838. The van der Waals surface area contributed by atoms with Crippen molar-refractivity contribution in [1.29, 1.82) is 5.26 Å². The van der Waals surface area contributed by atoms with Gasteiger partial charge >= 0.3 is 0 Å². The first kappa shape index (κ1) is 14.3. The van der Waals surface area contributed by atoms with Crippen LogP contribution in [-0.4, -0.2) is 5.91 Å². The Bertz CT molecular complexity index is 738. The number of hydrogen-bond donors (Lipinski definition) is 2. The van der Waals surface area contributed by atoms with Crippen molar-refractivity contribution in [1.82, 2.24) is 0 Å². The number of nitrogen functional groups attached to an aromatic ring is 1. The summed E-state index contributed by atoms with van der Waals surface area (Å²) in [7, 11) is 0. The molecule has 0 aliphatic carbocycles. The van der Waals surface area contributed by atoms with Crippen LogP contribution < -0.4 is 16.2 Å². The summed E-state index contributed by atoms with van der Waals surface area (Å²) in [4.78, 5) is 11.3. The van der Waals surface area contributed by atoms with Gasteiger partial charge in [0.2, 0.25) is 0 Å². The van der Waals surface area contributed by atoms with Crippen molar-refractivity contribution in [2.75, 3.05) is 5.73 Å². The van der Waals surface area contributed by atoms with Gasteiger partial charge < -0.3 is 16.2 Å². The third-order valence-corrected chi connectivity index (χ3v) is 2.83. The van der Waals surface area contributed by atoms with Gasteiger partial charge in [0.15, 0.2) is 0 Å². The number of nitriles is 1. The number of carbonyl (C=O) groups excluding carboxylic acids is 1. The van der Waals surface area contributed by atoms with E-state index >= 15 is 0 Å². The molecule has 0 fully saturated rings. The number of anilines is 1. The average Bonchev–Trinajstić information content (AvgIpc) is 2.46. The van der Waals surface area contributed by atoms with Crippen LogP contribution in [0.3, 0.4) is 0 Å². The third kappa shape index (κ3) is 3.28. The molecule has 2 aromatic rings. The number of carbonyl (C=O) groups is 1. The summed E-state index contributed by atoms with van der Waals surface area (Å²) in [5, 5.41) is 8.80. The van der Waals surface area contributed by atoms with Gasteiger partial charge in [-0.25, -0.2) is 4.39 Å². The van der Waals surface area contributed by atoms with Gasteiger partial charge in [-0.1, -0.05) is 0 Å². The highest BCUT2D eigenvalue weighted by atomic mass is 19.1. The molecule has 0 saturated heterocycles. The molecule has 2 aromatic carbocycles. The van der Waals surface area contributed by atoms with Crippen molar-refractivity contribution < 1.29 is 13.9 Å². The third-order valence-electron chi connectivity index (χ3n) is 2.83. The zero-order valence-electron chi connectivity index (χ0n) is 11.0. The molecule has 0 bridgehead atoms. The number of amides is 1. The first-order valence-electron chi connectivity index (χ1n) is 6.02. The number of rotatable bonds is 4. The smallest absolute Gasteiger partial charge is 0.252 e. The van der Waals surface area contributed by atoms with Crippen LogP contribution in [0.5, 0.6) is 5.75 Å². The molecule has 106 valence electrons. The van der Waals surface area contributed by atoms with E-state index < -0.39 is 11.7 Å². The minimum Gasteiger partial charge on any atom is -0.488 e. The fourth-order valence-corrected chi connectivity index (χ4v) is 1.77. The Labute approximate surface area is 120 Å². The Kier molecular flexibility index (Phi) is 4.05. The van der Waals surface area contributed by atoms with E-state index in [1.165, 1.54) is 36.4 Å². The standard InChI is InChI=1S/C15H12FN3O2/c16-13-4-1-9(7-17)5-10(13)8-21-14-6-11(18)2-3-12(14)15(19)20/h1-6H,8,18H2,(H2,19,20). The Balaban J connectivity index is 2.26. The van der Waals surface area contributed by atoms with Crippen LogP contribution in [0.1, 0.15) is 21.5 Å². The largest absolute Gasteiger partial charge is 0.488 e. The fraction of sp³-hybridized carbons (Fsp3) is 0.0667. The number of benzene rings is 2. The maximum absolute atomic E-state index is 13.6. The number of halogens is 1. The molecule has 21 heavy (non-hydrogen) atoms. The molecule has 0 unspecified atom stereocenters. The zero-order valence-corrected chi connectivity index (χ0v) is 11.0. The number of nitrogens with zero attached hydrogens (tertiary/aromatic N) is 1. The molecule has 0 radical (unpaired) electrons. The number of nitrogens with two attached hydrogens (primary N) is 2. The van der Waals surface area contributed by atoms with Crippen LogP contribution in [0, 0.1) is 17.1 Å². The van der Waals surface area contributed by atoms with Crippen LogP contribution in [0.25, 0.3) is 0 Å². The number of primary amides is 1. The van der Waals surface area contributed by atoms with Gasteiger partial charge in [0.05, 0.1) is 17.2 Å². The van der Waals surface area contributed by atoms with Crippen molar-refractivity contribution in [3.05, 3.63) is 58.9 Å². The lowest BCUT2D eigenvalue weighted by molar-refractivity contribution is 0.0996. The molecule has 0 aliphatic rings. The van der Waals surface area contributed by atoms with Crippen LogP contribution in [0.2, 0.25) is 0 Å². The van der Waals surface area contributed by atoms with E-state index in [2.05, 4.69) is 0 Å². The summed E-state index contributed by atoms with van der Waals surface area (Å²) in [6, 6.07) is 10.2. The van der Waals surface area contributed by atoms with Gasteiger partial charge in [-0.3, -0.25) is 4.79 Å². The van der Waals surface area contributed by atoms with E-state index in [1.54, 1.807) is 0 Å². The lowest BCUT2D eigenvalue weighted by atomic mass is 10.1. The van der Waals surface area contributed by atoms with Crippen molar-refractivity contribution in [3.63, 3.8) is 0 Å². The Morgan fingerprint density at radius 1 is 1.29 bits per heavy atom. The molecule has 0 spiro atoms. The predicted octanol–water partition coefficient (Wildman–Crippen LogP) is 1.96. The van der Waals surface area contributed by atoms with Crippen molar-refractivity contribution in [2.24, 2.45) is 5.73 Å². The van der Waals surface area contributed by atoms with Crippen molar-refractivity contribution in [2.45, 2.75) is 6.61 Å². The summed E-state index contributed by atoms with van der Waals surface area (Å²) in [6.07, 6.45) is 0. The van der Waals surface area contributed by atoms with E-state index in [0.29, 0.717) is 11.3 Å². The molecule has 2 rings (SSSR count). The number of ether oxygens (including phenoxy) is 1. The second kappa shape index (κ2) is 5.92. The molecule has 4 N–H and O–H groups in total. The molecule has 5 nitrogen and oxygen atoms in total. The lowest BCUT2D eigenvalue weighted by Crippen LogP contribution is -2.13. The molecule has 0 aliphatic heterocycles. The zero-order chi connectivity index (χ0) is 15.4. The van der Waals surface area contributed by atoms with E-state index in [4.69, 9.17) is 21.5 Å². The first-order valence-corrected chi connectivity index (χ1v) is 6.02.